The van der Waals surface area contributed by atoms with E-state index in [9.17, 15) is 0 Å². The Labute approximate surface area is 127 Å². The molecule has 2 aliphatic carbocycles. The van der Waals surface area contributed by atoms with Crippen molar-refractivity contribution in [1.29, 1.82) is 0 Å². The Morgan fingerprint density at radius 1 is 1.33 bits per heavy atom. The van der Waals surface area contributed by atoms with E-state index >= 15 is 0 Å². The highest BCUT2D eigenvalue weighted by Gasteiger charge is 2.58. The van der Waals surface area contributed by atoms with Crippen molar-refractivity contribution < 1.29 is 4.74 Å². The number of benzene rings is 1. The summed E-state index contributed by atoms with van der Waals surface area (Å²) in [6, 6.07) is 8.82. The van der Waals surface area contributed by atoms with E-state index in [0.717, 1.165) is 36.5 Å². The van der Waals surface area contributed by atoms with Gasteiger partial charge in [0.1, 0.15) is 5.75 Å². The number of nitrogens with two attached hydrogens (primary N) is 1. The molecule has 0 radical (unpaired) electrons. The number of methoxy groups -OCH3 is 1. The third-order valence-corrected chi connectivity index (χ3v) is 6.15. The lowest BCUT2D eigenvalue weighted by Crippen LogP contribution is -2.50. The van der Waals surface area contributed by atoms with Crippen molar-refractivity contribution in [2.24, 2.45) is 23.5 Å². The molecule has 3 heteroatoms. The van der Waals surface area contributed by atoms with E-state index in [2.05, 4.69) is 29.6 Å². The molecule has 0 spiro atoms. The Balaban J connectivity index is 1.63. The van der Waals surface area contributed by atoms with Crippen molar-refractivity contribution in [2.45, 2.75) is 43.7 Å². The fourth-order valence-corrected chi connectivity index (χ4v) is 5.10. The van der Waals surface area contributed by atoms with E-state index in [1.165, 1.54) is 31.2 Å². The van der Waals surface area contributed by atoms with Gasteiger partial charge in [-0.05, 0) is 55.1 Å². The molecule has 2 saturated carbocycles. The number of nitrogens with one attached hydrogen (secondary N) is 1. The SMILES string of the molecule is COc1ccccc1CC12CCCC3C(C1)C3C(N)CN2. The largest absolute Gasteiger partial charge is 0.496 e. The summed E-state index contributed by atoms with van der Waals surface area (Å²) in [5, 5.41) is 3.85. The number of fused-ring (bicyclic) bond motifs is 2. The Bertz CT molecular complexity index is 532. The van der Waals surface area contributed by atoms with Gasteiger partial charge in [-0.1, -0.05) is 24.6 Å². The highest BCUT2D eigenvalue weighted by Crippen LogP contribution is 2.59. The second kappa shape index (κ2) is 4.99. The van der Waals surface area contributed by atoms with Crippen LogP contribution >= 0.6 is 0 Å². The molecule has 0 aromatic heterocycles. The summed E-state index contributed by atoms with van der Waals surface area (Å²) in [5.41, 5.74) is 7.96. The number of rotatable bonds is 3. The monoisotopic (exact) mass is 286 g/mol. The van der Waals surface area contributed by atoms with Gasteiger partial charge in [-0.25, -0.2) is 0 Å². The molecule has 3 N–H and O–H groups in total. The summed E-state index contributed by atoms with van der Waals surface area (Å²) >= 11 is 0. The summed E-state index contributed by atoms with van der Waals surface area (Å²) in [7, 11) is 1.77. The van der Waals surface area contributed by atoms with Gasteiger partial charge in [0.15, 0.2) is 0 Å². The highest BCUT2D eigenvalue weighted by molar-refractivity contribution is 5.35. The Hall–Kier alpha value is -1.06. The van der Waals surface area contributed by atoms with Crippen LogP contribution in [0, 0.1) is 17.8 Å². The minimum absolute atomic E-state index is 0.233. The zero-order valence-corrected chi connectivity index (χ0v) is 12.8. The molecule has 5 atom stereocenters. The zero-order chi connectivity index (χ0) is 14.4. The van der Waals surface area contributed by atoms with Crippen molar-refractivity contribution in [3.63, 3.8) is 0 Å². The molecule has 1 aromatic rings. The fraction of sp³-hybridized carbons (Fsp3) is 0.667. The number of para-hydroxylation sites is 1. The summed E-state index contributed by atoms with van der Waals surface area (Å²) in [6.45, 7) is 0.979. The van der Waals surface area contributed by atoms with Crippen LogP contribution in [0.4, 0.5) is 0 Å². The van der Waals surface area contributed by atoms with E-state index in [1.54, 1.807) is 7.11 Å². The van der Waals surface area contributed by atoms with Crippen LogP contribution in [0.25, 0.3) is 0 Å². The number of ether oxygens (including phenoxy) is 1. The molecule has 114 valence electrons. The Kier molecular flexibility index (Phi) is 3.23. The lowest BCUT2D eigenvalue weighted by atomic mass is 9.82. The van der Waals surface area contributed by atoms with E-state index in [-0.39, 0.29) is 5.54 Å². The van der Waals surface area contributed by atoms with Crippen molar-refractivity contribution in [2.75, 3.05) is 13.7 Å². The van der Waals surface area contributed by atoms with Crippen molar-refractivity contribution in [3.05, 3.63) is 29.8 Å². The average molecular weight is 286 g/mol. The first-order valence-electron chi connectivity index (χ1n) is 8.35. The Morgan fingerprint density at radius 2 is 2.19 bits per heavy atom. The van der Waals surface area contributed by atoms with Crippen LogP contribution in [0.5, 0.6) is 5.75 Å². The molecule has 0 amide bonds. The molecule has 2 bridgehead atoms. The molecule has 3 fully saturated rings. The van der Waals surface area contributed by atoms with Gasteiger partial charge >= 0.3 is 0 Å². The molecule has 21 heavy (non-hydrogen) atoms. The minimum Gasteiger partial charge on any atom is -0.496 e. The van der Waals surface area contributed by atoms with Gasteiger partial charge in [0.2, 0.25) is 0 Å². The third-order valence-electron chi connectivity index (χ3n) is 6.15. The average Bonchev–Trinajstić information content (AvgIpc) is 3.20. The second-order valence-electron chi connectivity index (χ2n) is 7.32. The third kappa shape index (κ3) is 2.27. The van der Waals surface area contributed by atoms with E-state index < -0.39 is 0 Å². The summed E-state index contributed by atoms with van der Waals surface area (Å²) in [6.07, 6.45) is 6.37. The van der Waals surface area contributed by atoms with Gasteiger partial charge in [-0.15, -0.1) is 0 Å². The maximum absolute atomic E-state index is 6.40. The Morgan fingerprint density at radius 3 is 3.05 bits per heavy atom. The summed E-state index contributed by atoms with van der Waals surface area (Å²) in [4.78, 5) is 0. The van der Waals surface area contributed by atoms with Crippen LogP contribution in [0.3, 0.4) is 0 Å². The van der Waals surface area contributed by atoms with E-state index in [1.807, 2.05) is 0 Å². The summed E-state index contributed by atoms with van der Waals surface area (Å²) < 4.78 is 5.56. The van der Waals surface area contributed by atoms with Crippen LogP contribution in [0.15, 0.2) is 24.3 Å². The number of hydrogen-bond acceptors (Lipinski definition) is 3. The van der Waals surface area contributed by atoms with E-state index in [4.69, 9.17) is 10.5 Å². The minimum atomic E-state index is 0.233. The molecule has 1 aromatic carbocycles. The number of hydrogen-bond donors (Lipinski definition) is 2. The van der Waals surface area contributed by atoms with Crippen molar-refractivity contribution >= 4 is 0 Å². The quantitative estimate of drug-likeness (QED) is 0.896. The maximum Gasteiger partial charge on any atom is 0.122 e. The standard InChI is InChI=1S/C18H26N2O/c1-21-16-7-3-2-5-12(16)9-18-8-4-6-13-14(10-18)17(13)15(19)11-20-18/h2-3,5,7,13-15,17,20H,4,6,8-11,19H2,1H3. The van der Waals surface area contributed by atoms with Crippen LogP contribution in [0.1, 0.15) is 31.2 Å². The predicted octanol–water partition coefficient (Wildman–Crippen LogP) is 2.34. The first-order chi connectivity index (χ1) is 10.2. The molecule has 1 saturated heterocycles. The molecule has 3 aliphatic rings. The van der Waals surface area contributed by atoms with Crippen LogP contribution in [-0.2, 0) is 6.42 Å². The highest BCUT2D eigenvalue weighted by atomic mass is 16.5. The maximum atomic E-state index is 6.40. The van der Waals surface area contributed by atoms with Gasteiger partial charge in [-0.2, -0.15) is 0 Å². The van der Waals surface area contributed by atoms with Gasteiger partial charge < -0.3 is 15.8 Å². The van der Waals surface area contributed by atoms with Crippen molar-refractivity contribution in [1.82, 2.24) is 5.32 Å². The first kappa shape index (κ1) is 13.6. The summed E-state index contributed by atoms with van der Waals surface area (Å²) in [5.74, 6) is 3.60. The fourth-order valence-electron chi connectivity index (χ4n) is 5.10. The van der Waals surface area contributed by atoms with Crippen LogP contribution in [0.2, 0.25) is 0 Å². The lowest BCUT2D eigenvalue weighted by Gasteiger charge is -2.35. The van der Waals surface area contributed by atoms with E-state index in [0.29, 0.717) is 6.04 Å². The molecule has 1 aliphatic heterocycles. The van der Waals surface area contributed by atoms with Crippen LogP contribution in [-0.4, -0.2) is 25.2 Å². The molecule has 4 rings (SSSR count). The van der Waals surface area contributed by atoms with Gasteiger partial charge in [0.05, 0.1) is 7.11 Å². The zero-order valence-electron chi connectivity index (χ0n) is 12.8. The molecular weight excluding hydrogens is 260 g/mol. The lowest BCUT2D eigenvalue weighted by molar-refractivity contribution is 0.278. The smallest absolute Gasteiger partial charge is 0.122 e. The molecule has 5 unspecified atom stereocenters. The molecular formula is C18H26N2O. The topological polar surface area (TPSA) is 47.3 Å². The first-order valence-corrected chi connectivity index (χ1v) is 8.35. The van der Waals surface area contributed by atoms with Crippen LogP contribution < -0.4 is 15.8 Å². The van der Waals surface area contributed by atoms with Gasteiger partial charge in [0.25, 0.3) is 0 Å². The van der Waals surface area contributed by atoms with Gasteiger partial charge in [-0.3, -0.25) is 0 Å². The normalized spacial score (nSPS) is 41.0. The van der Waals surface area contributed by atoms with Crippen molar-refractivity contribution in [3.8, 4) is 5.75 Å². The second-order valence-corrected chi connectivity index (χ2v) is 7.32. The van der Waals surface area contributed by atoms with Gasteiger partial charge in [0, 0.05) is 18.1 Å². The predicted molar refractivity (Wildman–Crippen MR) is 84.3 cm³/mol. The molecule has 1 heterocycles. The molecule has 3 nitrogen and oxygen atoms in total.